The summed E-state index contributed by atoms with van der Waals surface area (Å²) >= 11 is 0. The summed E-state index contributed by atoms with van der Waals surface area (Å²) in [4.78, 5) is 0. The molecule has 194 valence electrons. The molecule has 0 N–H and O–H groups in total. The van der Waals surface area contributed by atoms with Gasteiger partial charge in [0.25, 0.3) is 0 Å². The molecule has 3 nitrogen and oxygen atoms in total. The molecule has 0 amide bonds. The second kappa shape index (κ2) is 7.22. The number of hydrogen-bond acceptors (Lipinski definition) is 1. The molecule has 20 heteroatoms. The van der Waals surface area contributed by atoms with Crippen molar-refractivity contribution in [3.8, 4) is 0 Å². The SMILES string of the molecule is Cc1n(C)nc(C(F)(F)C(F)(F)C(F)(F)C(F)(F)C(F)(F)C(F)(F)C(F)(F)C(F)(F)F)[n+]1C. The van der Waals surface area contributed by atoms with Gasteiger partial charge in [-0.15, -0.1) is 4.68 Å². The molecule has 0 aliphatic heterocycles. The van der Waals surface area contributed by atoms with Gasteiger partial charge in [-0.2, -0.15) is 74.6 Å². The molecule has 0 aliphatic carbocycles. The van der Waals surface area contributed by atoms with Crippen LogP contribution in [0.5, 0.6) is 0 Å². The molecule has 0 saturated carbocycles. The molecule has 0 atom stereocenters. The average molecular weight is 530 g/mol. The fraction of sp³-hybridized carbons (Fsp3) is 0.846. The molecular weight excluding hydrogens is 521 g/mol. The molecule has 0 bridgehead atoms. The van der Waals surface area contributed by atoms with Crippen LogP contribution in [0.15, 0.2) is 0 Å². The van der Waals surface area contributed by atoms with E-state index in [1.165, 1.54) is 0 Å². The molecular formula is C13H9F17N3+. The first-order chi connectivity index (χ1) is 14.1. The Kier molecular flexibility index (Phi) is 6.34. The van der Waals surface area contributed by atoms with E-state index in [0.717, 1.165) is 14.0 Å². The van der Waals surface area contributed by atoms with Crippen molar-refractivity contribution in [2.24, 2.45) is 14.1 Å². The molecule has 0 aromatic carbocycles. The van der Waals surface area contributed by atoms with E-state index in [-0.39, 0.29) is 9.25 Å². The summed E-state index contributed by atoms with van der Waals surface area (Å²) in [5.74, 6) is -59.8. The lowest BCUT2D eigenvalue weighted by Crippen LogP contribution is -2.74. The quantitative estimate of drug-likeness (QED) is 0.359. The summed E-state index contributed by atoms with van der Waals surface area (Å²) in [5, 5.41) is 2.59. The van der Waals surface area contributed by atoms with Gasteiger partial charge >= 0.3 is 53.5 Å². The lowest BCUT2D eigenvalue weighted by Gasteiger charge is -2.42. The third-order valence-electron chi connectivity index (χ3n) is 4.52. The molecule has 1 rings (SSSR count). The lowest BCUT2D eigenvalue weighted by molar-refractivity contribution is -0.697. The maximum absolute atomic E-state index is 14.1. The highest BCUT2D eigenvalue weighted by Gasteiger charge is 2.96. The van der Waals surface area contributed by atoms with Gasteiger partial charge in [-0.1, -0.05) is 0 Å². The summed E-state index contributed by atoms with van der Waals surface area (Å²) < 4.78 is 225. The largest absolute Gasteiger partial charge is 0.460 e. The Morgan fingerprint density at radius 1 is 0.576 bits per heavy atom. The van der Waals surface area contributed by atoms with Gasteiger partial charge in [0.15, 0.2) is 0 Å². The second-order valence-electron chi connectivity index (χ2n) is 6.57. The van der Waals surface area contributed by atoms with Crippen LogP contribution >= 0.6 is 0 Å². The Labute approximate surface area is 170 Å². The van der Waals surface area contributed by atoms with E-state index in [4.69, 9.17) is 0 Å². The van der Waals surface area contributed by atoms with Crippen LogP contribution in [0, 0.1) is 6.92 Å². The lowest BCUT2D eigenvalue weighted by atomic mass is 9.89. The Hall–Kier alpha value is -2.05. The minimum Gasteiger partial charge on any atom is -0.229 e. The fourth-order valence-electron chi connectivity index (χ4n) is 2.23. The van der Waals surface area contributed by atoms with Crippen LogP contribution in [0.1, 0.15) is 11.6 Å². The minimum atomic E-state index is -8.65. The van der Waals surface area contributed by atoms with Crippen LogP contribution in [0.3, 0.4) is 0 Å². The normalized spacial score (nSPS) is 15.9. The summed E-state index contributed by atoms with van der Waals surface area (Å²) in [6.07, 6.45) is -7.78. The van der Waals surface area contributed by atoms with Gasteiger partial charge < -0.3 is 0 Å². The number of alkyl halides is 17. The van der Waals surface area contributed by atoms with Crippen LogP contribution < -0.4 is 4.57 Å². The van der Waals surface area contributed by atoms with Gasteiger partial charge in [-0.05, 0) is 0 Å². The molecule has 1 aromatic rings. The number of aryl methyl sites for hydroxylation is 1. The van der Waals surface area contributed by atoms with Crippen molar-refractivity contribution in [2.75, 3.05) is 0 Å². The Morgan fingerprint density at radius 3 is 1.15 bits per heavy atom. The molecule has 33 heavy (non-hydrogen) atoms. The second-order valence-corrected chi connectivity index (χ2v) is 6.57. The van der Waals surface area contributed by atoms with Crippen LogP contribution in [0.4, 0.5) is 74.6 Å². The highest BCUT2D eigenvalue weighted by Crippen LogP contribution is 2.64. The fourth-order valence-corrected chi connectivity index (χ4v) is 2.23. The zero-order valence-electron chi connectivity index (χ0n) is 15.8. The van der Waals surface area contributed by atoms with E-state index in [2.05, 4.69) is 5.10 Å². The van der Waals surface area contributed by atoms with Crippen molar-refractivity contribution >= 4 is 0 Å². The first-order valence-electron chi connectivity index (χ1n) is 7.70. The third kappa shape index (κ3) is 3.40. The standard InChI is InChI=1S/C13H9F17N3/c1-4-32(2)5(31-33(4)3)6(14,15)7(16,17)8(18,19)9(20,21)10(22,23)11(24,25)12(26,27)13(28,29)30/h1-3H3/q+1. The van der Waals surface area contributed by atoms with Crippen molar-refractivity contribution < 1.29 is 79.2 Å². The maximum atomic E-state index is 14.1. The van der Waals surface area contributed by atoms with Crippen LogP contribution in [-0.2, 0) is 20.0 Å². The van der Waals surface area contributed by atoms with Crippen molar-refractivity contribution in [3.63, 3.8) is 0 Å². The summed E-state index contributed by atoms with van der Waals surface area (Å²) in [5.41, 5.74) is 0. The Balaban J connectivity index is 3.78. The van der Waals surface area contributed by atoms with E-state index in [0.29, 0.717) is 7.05 Å². The van der Waals surface area contributed by atoms with Crippen molar-refractivity contribution in [1.29, 1.82) is 0 Å². The zero-order valence-corrected chi connectivity index (χ0v) is 15.8. The van der Waals surface area contributed by atoms with Crippen LogP contribution in [0.25, 0.3) is 0 Å². The van der Waals surface area contributed by atoms with Gasteiger partial charge in [0.2, 0.25) is 5.82 Å². The average Bonchev–Trinajstić information content (AvgIpc) is 2.87. The maximum Gasteiger partial charge on any atom is 0.460 e. The predicted molar refractivity (Wildman–Crippen MR) is 68.8 cm³/mol. The van der Waals surface area contributed by atoms with E-state index in [1.807, 2.05) is 0 Å². The molecule has 0 saturated heterocycles. The number of rotatable bonds is 7. The number of hydrogen-bond donors (Lipinski definition) is 0. The summed E-state index contributed by atoms with van der Waals surface area (Å²) in [6, 6.07) is 0. The monoisotopic (exact) mass is 530 g/mol. The van der Waals surface area contributed by atoms with E-state index < -0.39 is 59.3 Å². The topological polar surface area (TPSA) is 21.7 Å². The van der Waals surface area contributed by atoms with Gasteiger partial charge in [0, 0.05) is 12.0 Å². The first-order valence-corrected chi connectivity index (χ1v) is 7.70. The number of halogens is 17. The molecule has 1 aromatic heterocycles. The van der Waals surface area contributed by atoms with E-state index in [9.17, 15) is 74.6 Å². The molecule has 0 unspecified atom stereocenters. The Morgan fingerprint density at radius 2 is 0.879 bits per heavy atom. The minimum absolute atomic E-state index is 0.132. The van der Waals surface area contributed by atoms with Crippen LogP contribution in [-0.4, -0.2) is 51.5 Å². The highest BCUT2D eigenvalue weighted by molar-refractivity contribution is 5.16. The van der Waals surface area contributed by atoms with Gasteiger partial charge in [-0.25, -0.2) is 4.57 Å². The molecule has 0 fully saturated rings. The van der Waals surface area contributed by atoms with Crippen molar-refractivity contribution in [3.05, 3.63) is 11.6 Å². The van der Waals surface area contributed by atoms with Crippen molar-refractivity contribution in [1.82, 2.24) is 9.78 Å². The van der Waals surface area contributed by atoms with Gasteiger partial charge in [-0.3, -0.25) is 0 Å². The predicted octanol–water partition coefficient (Wildman–Crippen LogP) is 5.02. The summed E-state index contributed by atoms with van der Waals surface area (Å²) in [7, 11) is 1.15. The van der Waals surface area contributed by atoms with E-state index in [1.54, 1.807) is 0 Å². The third-order valence-corrected chi connectivity index (χ3v) is 4.52. The van der Waals surface area contributed by atoms with Crippen molar-refractivity contribution in [2.45, 2.75) is 54.6 Å². The molecule has 0 spiro atoms. The highest BCUT2D eigenvalue weighted by atomic mass is 19.4. The molecule has 0 radical (unpaired) electrons. The first kappa shape index (κ1) is 29.0. The summed E-state index contributed by atoms with van der Waals surface area (Å²) in [6.45, 7) is 0.825. The smallest absolute Gasteiger partial charge is 0.229 e. The molecule has 1 heterocycles. The van der Waals surface area contributed by atoms with Crippen LogP contribution in [0.2, 0.25) is 0 Å². The number of aromatic nitrogens is 3. The Bertz CT molecular complexity index is 895. The number of nitrogens with zero attached hydrogens (tertiary/aromatic N) is 3. The van der Waals surface area contributed by atoms with E-state index >= 15 is 0 Å². The zero-order chi connectivity index (χ0) is 27.0. The van der Waals surface area contributed by atoms with Gasteiger partial charge in [0.1, 0.15) is 0 Å². The van der Waals surface area contributed by atoms with Gasteiger partial charge in [0.05, 0.1) is 14.1 Å². The molecule has 0 aliphatic rings.